The van der Waals surface area contributed by atoms with Crippen LogP contribution in [0.15, 0.2) is 42.5 Å². The molecule has 1 fully saturated rings. The fourth-order valence-electron chi connectivity index (χ4n) is 4.85. The van der Waals surface area contributed by atoms with Crippen molar-refractivity contribution in [1.29, 1.82) is 0 Å². The minimum atomic E-state index is -0.869. The molecule has 0 amide bonds. The molecule has 0 spiro atoms. The van der Waals surface area contributed by atoms with Crippen LogP contribution in [0.2, 0.25) is 0 Å². The van der Waals surface area contributed by atoms with Crippen LogP contribution in [0.5, 0.6) is 5.75 Å². The zero-order chi connectivity index (χ0) is 21.8. The Morgan fingerprint density at radius 2 is 1.87 bits per heavy atom. The van der Waals surface area contributed by atoms with E-state index < -0.39 is 11.6 Å². The maximum Gasteiger partial charge on any atom is 0.193 e. The van der Waals surface area contributed by atoms with E-state index in [4.69, 9.17) is 10.5 Å². The van der Waals surface area contributed by atoms with Crippen LogP contribution in [-0.2, 0) is 5.75 Å². The molecule has 2 aromatic rings. The Labute approximate surface area is 187 Å². The molecule has 0 aliphatic carbocycles. The SMILES string of the molecule is C[N+]1(C2CCN(CCCCOc3ccc(F)c(F)c3)CC2)c2ccccc2CSC1N. The van der Waals surface area contributed by atoms with Crippen molar-refractivity contribution < 1.29 is 13.5 Å². The molecule has 2 aliphatic rings. The summed E-state index contributed by atoms with van der Waals surface area (Å²) in [5, 5.41) is 0. The highest BCUT2D eigenvalue weighted by Crippen LogP contribution is 2.42. The molecule has 0 saturated carbocycles. The number of nitrogens with two attached hydrogens (primary N) is 1. The number of quaternary nitrogens is 1. The van der Waals surface area contributed by atoms with Crippen molar-refractivity contribution in [2.45, 2.75) is 43.0 Å². The Kier molecular flexibility index (Phi) is 7.16. The summed E-state index contributed by atoms with van der Waals surface area (Å²) < 4.78 is 32.6. The molecule has 4 nitrogen and oxygen atoms in total. The van der Waals surface area contributed by atoms with Gasteiger partial charge in [0.2, 0.25) is 0 Å². The molecular weight excluding hydrogens is 416 g/mol. The van der Waals surface area contributed by atoms with Gasteiger partial charge in [-0.1, -0.05) is 30.0 Å². The minimum Gasteiger partial charge on any atom is -0.493 e. The van der Waals surface area contributed by atoms with Crippen LogP contribution in [0.25, 0.3) is 0 Å². The number of likely N-dealkylation sites (tertiary alicyclic amines) is 1. The lowest BCUT2D eigenvalue weighted by atomic mass is 9.98. The first-order chi connectivity index (χ1) is 15.0. The first kappa shape index (κ1) is 22.5. The van der Waals surface area contributed by atoms with Gasteiger partial charge >= 0.3 is 0 Å². The van der Waals surface area contributed by atoms with Gasteiger partial charge in [-0.05, 0) is 37.6 Å². The normalized spacial score (nSPS) is 24.7. The average Bonchev–Trinajstić information content (AvgIpc) is 2.79. The molecule has 0 radical (unpaired) electrons. The molecule has 2 aromatic carbocycles. The number of hydrogen-bond donors (Lipinski definition) is 1. The molecule has 1 saturated heterocycles. The Balaban J connectivity index is 1.22. The van der Waals surface area contributed by atoms with Gasteiger partial charge < -0.3 is 9.64 Å². The van der Waals surface area contributed by atoms with Gasteiger partial charge in [0.05, 0.1) is 19.7 Å². The van der Waals surface area contributed by atoms with E-state index in [-0.39, 0.29) is 5.50 Å². The number of ether oxygens (including phenoxy) is 1. The smallest absolute Gasteiger partial charge is 0.193 e. The summed E-state index contributed by atoms with van der Waals surface area (Å²) in [6, 6.07) is 13.0. The maximum atomic E-state index is 13.2. The molecule has 168 valence electrons. The van der Waals surface area contributed by atoms with Crippen molar-refractivity contribution in [2.24, 2.45) is 5.73 Å². The Morgan fingerprint density at radius 3 is 2.65 bits per heavy atom. The van der Waals surface area contributed by atoms with Crippen LogP contribution in [-0.4, -0.2) is 49.7 Å². The summed E-state index contributed by atoms with van der Waals surface area (Å²) in [6.07, 6.45) is 4.20. The molecule has 2 aliphatic heterocycles. The van der Waals surface area contributed by atoms with E-state index in [1.54, 1.807) is 0 Å². The quantitative estimate of drug-likeness (QED) is 0.492. The Hall–Kier alpha value is -1.67. The van der Waals surface area contributed by atoms with Gasteiger partial charge in [-0.2, -0.15) is 0 Å². The van der Waals surface area contributed by atoms with Gasteiger partial charge in [0.15, 0.2) is 17.1 Å². The number of benzene rings is 2. The summed E-state index contributed by atoms with van der Waals surface area (Å²) in [4.78, 5) is 2.52. The monoisotopic (exact) mass is 448 g/mol. The van der Waals surface area contributed by atoms with Gasteiger partial charge in [-0.3, -0.25) is 10.2 Å². The second-order valence-corrected chi connectivity index (χ2v) is 9.79. The Bertz CT molecular complexity index is 891. The molecular formula is C24H32F2N3OS+. The van der Waals surface area contributed by atoms with Crippen molar-refractivity contribution in [3.8, 4) is 5.75 Å². The number of hydrogen-bond acceptors (Lipinski definition) is 4. The molecule has 2 atom stereocenters. The van der Waals surface area contributed by atoms with Crippen molar-refractivity contribution >= 4 is 17.4 Å². The third-order valence-electron chi connectivity index (χ3n) is 6.79. The highest BCUT2D eigenvalue weighted by Gasteiger charge is 2.45. The lowest BCUT2D eigenvalue weighted by molar-refractivity contribution is 0.120. The zero-order valence-electron chi connectivity index (χ0n) is 18.1. The number of halogens is 2. The number of para-hydroxylation sites is 1. The van der Waals surface area contributed by atoms with Crippen LogP contribution < -0.4 is 15.0 Å². The van der Waals surface area contributed by atoms with E-state index in [1.807, 2.05) is 11.8 Å². The van der Waals surface area contributed by atoms with Crippen molar-refractivity contribution in [2.75, 3.05) is 33.3 Å². The first-order valence-corrected chi connectivity index (χ1v) is 12.1. The third-order valence-corrected chi connectivity index (χ3v) is 8.05. The van der Waals surface area contributed by atoms with E-state index in [0.717, 1.165) is 67.7 Å². The lowest BCUT2D eigenvalue weighted by Gasteiger charge is -2.50. The summed E-state index contributed by atoms with van der Waals surface area (Å²) in [7, 11) is 2.31. The fraction of sp³-hybridized carbons (Fsp3) is 0.500. The van der Waals surface area contributed by atoms with Gasteiger partial charge in [-0.15, -0.1) is 0 Å². The van der Waals surface area contributed by atoms with Gasteiger partial charge in [0.1, 0.15) is 11.4 Å². The van der Waals surface area contributed by atoms with Crippen molar-refractivity contribution in [3.63, 3.8) is 0 Å². The summed E-state index contributed by atoms with van der Waals surface area (Å²) in [6.45, 7) is 3.72. The highest BCUT2D eigenvalue weighted by molar-refractivity contribution is 7.99. The minimum absolute atomic E-state index is 0.0832. The summed E-state index contributed by atoms with van der Waals surface area (Å²) >= 11 is 1.86. The number of thioether (sulfide) groups is 1. The van der Waals surface area contributed by atoms with Gasteiger partial charge in [-0.25, -0.2) is 8.78 Å². The van der Waals surface area contributed by atoms with Crippen molar-refractivity contribution in [1.82, 2.24) is 9.38 Å². The number of fused-ring (bicyclic) bond motifs is 1. The predicted octanol–water partition coefficient (Wildman–Crippen LogP) is 4.71. The largest absolute Gasteiger partial charge is 0.493 e. The summed E-state index contributed by atoms with van der Waals surface area (Å²) in [5.74, 6) is -0.338. The molecule has 2 unspecified atom stereocenters. The zero-order valence-corrected chi connectivity index (χ0v) is 18.9. The second kappa shape index (κ2) is 9.86. The predicted molar refractivity (Wildman–Crippen MR) is 124 cm³/mol. The van der Waals surface area contributed by atoms with Crippen LogP contribution in [0.4, 0.5) is 14.5 Å². The molecule has 7 heteroatoms. The van der Waals surface area contributed by atoms with Crippen LogP contribution >= 0.6 is 11.8 Å². The fourth-order valence-corrected chi connectivity index (χ4v) is 6.04. The maximum absolute atomic E-state index is 13.2. The lowest BCUT2D eigenvalue weighted by Crippen LogP contribution is -2.65. The molecule has 31 heavy (non-hydrogen) atoms. The van der Waals surface area contributed by atoms with Crippen molar-refractivity contribution in [3.05, 3.63) is 59.7 Å². The molecule has 0 aromatic heterocycles. The van der Waals surface area contributed by atoms with E-state index >= 15 is 0 Å². The molecule has 2 heterocycles. The number of rotatable bonds is 7. The van der Waals surface area contributed by atoms with E-state index in [2.05, 4.69) is 36.2 Å². The van der Waals surface area contributed by atoms with Gasteiger partial charge in [0, 0.05) is 43.3 Å². The molecule has 0 bridgehead atoms. The van der Waals surface area contributed by atoms with Crippen LogP contribution in [0.3, 0.4) is 0 Å². The third kappa shape index (κ3) is 4.90. The molecule has 4 rings (SSSR count). The number of nitrogens with zero attached hydrogens (tertiary/aromatic N) is 2. The van der Waals surface area contributed by atoms with E-state index in [9.17, 15) is 8.78 Å². The van der Waals surface area contributed by atoms with E-state index in [1.165, 1.54) is 17.3 Å². The summed E-state index contributed by atoms with van der Waals surface area (Å²) in [5.41, 5.74) is 9.53. The standard InChI is InChI=1S/C24H32F2N3OS/c1-29(23-7-3-2-6-18(23)17-31-24(29)27)19-10-13-28(14-11-19)12-4-5-15-30-20-8-9-21(25)22(26)16-20/h2-3,6-9,16,19,24H,4-5,10-15,17,27H2,1H3/q+1. The molecule has 2 N–H and O–H groups in total. The van der Waals surface area contributed by atoms with Crippen LogP contribution in [0, 0.1) is 11.6 Å². The second-order valence-electron chi connectivity index (χ2n) is 8.68. The van der Waals surface area contributed by atoms with E-state index in [0.29, 0.717) is 18.4 Å². The topological polar surface area (TPSA) is 38.5 Å². The average molecular weight is 449 g/mol. The first-order valence-electron chi connectivity index (χ1n) is 11.1. The Morgan fingerprint density at radius 1 is 1.10 bits per heavy atom. The van der Waals surface area contributed by atoms with Crippen LogP contribution in [0.1, 0.15) is 31.2 Å². The number of piperidine rings is 1. The van der Waals surface area contributed by atoms with Gasteiger partial charge in [0.25, 0.3) is 0 Å². The highest BCUT2D eigenvalue weighted by atomic mass is 32.2. The number of unbranched alkanes of at least 4 members (excludes halogenated alkanes) is 1.